The largest absolute Gasteiger partial charge is 0.224 e. The molecular formula is C18H34N8. The first-order chi connectivity index (χ1) is 11.6. The molecule has 0 N–H and O–H groups in total. The first kappa shape index (κ1) is 20.5. The van der Waals surface area contributed by atoms with Crippen molar-refractivity contribution >= 4 is 0 Å². The Morgan fingerprint density at radius 1 is 0.769 bits per heavy atom. The number of hydrogen-bond acceptors (Lipinski definition) is 6. The zero-order chi connectivity index (χ0) is 20.0. The fourth-order valence-corrected chi connectivity index (χ4v) is 2.66. The molecule has 0 saturated heterocycles. The molecule has 0 aliphatic rings. The van der Waals surface area contributed by atoms with Crippen LogP contribution in [0.25, 0.3) is 0 Å². The van der Waals surface area contributed by atoms with E-state index in [1.807, 2.05) is 4.68 Å². The van der Waals surface area contributed by atoms with Crippen molar-refractivity contribution in [3.05, 3.63) is 11.6 Å². The van der Waals surface area contributed by atoms with Gasteiger partial charge in [-0.3, -0.25) is 0 Å². The summed E-state index contributed by atoms with van der Waals surface area (Å²) in [4.78, 5) is 1.75. The Kier molecular flexibility index (Phi) is 5.02. The zero-order valence-corrected chi connectivity index (χ0v) is 18.0. The lowest BCUT2D eigenvalue weighted by molar-refractivity contribution is 0.219. The van der Waals surface area contributed by atoms with Gasteiger partial charge in [0.1, 0.15) is 0 Å². The van der Waals surface area contributed by atoms with Gasteiger partial charge in [0, 0.05) is 10.8 Å². The van der Waals surface area contributed by atoms with Crippen LogP contribution in [0.5, 0.6) is 0 Å². The third kappa shape index (κ3) is 4.27. The van der Waals surface area contributed by atoms with Gasteiger partial charge in [-0.2, -0.15) is 4.80 Å². The van der Waals surface area contributed by atoms with E-state index in [1.54, 1.807) is 4.80 Å². The van der Waals surface area contributed by atoms with Gasteiger partial charge in [0.05, 0.1) is 11.1 Å². The molecule has 0 bridgehead atoms. The highest BCUT2D eigenvalue weighted by Gasteiger charge is 2.35. The lowest BCUT2D eigenvalue weighted by Gasteiger charge is -2.31. The Labute approximate surface area is 156 Å². The van der Waals surface area contributed by atoms with Crippen molar-refractivity contribution in [3.63, 3.8) is 0 Å². The molecule has 0 amide bonds. The van der Waals surface area contributed by atoms with Gasteiger partial charge >= 0.3 is 0 Å². The minimum absolute atomic E-state index is 0.109. The highest BCUT2D eigenvalue weighted by atomic mass is 15.6. The molecule has 2 aromatic heterocycles. The summed E-state index contributed by atoms with van der Waals surface area (Å²) in [5.41, 5.74) is -0.668. The van der Waals surface area contributed by atoms with Crippen LogP contribution in [0, 0.1) is 0 Å². The summed E-state index contributed by atoms with van der Waals surface area (Å²) >= 11 is 0. The second-order valence-electron chi connectivity index (χ2n) is 10.4. The van der Waals surface area contributed by atoms with Crippen molar-refractivity contribution in [1.82, 2.24) is 40.4 Å². The average molecular weight is 363 g/mol. The molecular weight excluding hydrogens is 328 g/mol. The van der Waals surface area contributed by atoms with Crippen LogP contribution < -0.4 is 0 Å². The van der Waals surface area contributed by atoms with E-state index in [-0.39, 0.29) is 21.9 Å². The maximum atomic E-state index is 4.62. The molecule has 0 aliphatic heterocycles. The fraction of sp³-hybridized carbons (Fsp3) is 0.889. The van der Waals surface area contributed by atoms with Crippen LogP contribution >= 0.6 is 0 Å². The van der Waals surface area contributed by atoms with Gasteiger partial charge < -0.3 is 0 Å². The molecule has 8 nitrogen and oxygen atoms in total. The Hall–Kier alpha value is -1.86. The molecule has 0 radical (unpaired) electrons. The molecule has 2 rings (SSSR count). The first-order valence-corrected chi connectivity index (χ1v) is 9.25. The second kappa shape index (κ2) is 6.39. The Bertz CT molecular complexity index is 740. The van der Waals surface area contributed by atoms with E-state index >= 15 is 0 Å². The van der Waals surface area contributed by atoms with Crippen LogP contribution in [0.3, 0.4) is 0 Å². The quantitative estimate of drug-likeness (QED) is 0.811. The maximum Gasteiger partial charge on any atom is 0.180 e. The standard InChI is InChI=1S/C18H34N8/c1-15(2,3)13-19-23-26(21-13)18(9,10)12-11-17(7,8)14-20-22-24-25(14)16(4,5)6/h11-12H2,1-10H3. The molecule has 0 aromatic carbocycles. The molecule has 0 atom stereocenters. The van der Waals surface area contributed by atoms with E-state index in [4.69, 9.17) is 0 Å². The normalized spacial score (nSPS) is 14.1. The number of tetrazole rings is 2. The van der Waals surface area contributed by atoms with Crippen molar-refractivity contribution in [2.24, 2.45) is 0 Å². The summed E-state index contributed by atoms with van der Waals surface area (Å²) in [6.45, 7) is 21.3. The molecule has 0 saturated carbocycles. The molecule has 2 aromatic rings. The minimum Gasteiger partial charge on any atom is -0.224 e. The number of rotatable bonds is 5. The summed E-state index contributed by atoms with van der Waals surface area (Å²) in [5, 5.41) is 25.6. The van der Waals surface area contributed by atoms with E-state index < -0.39 is 0 Å². The molecule has 2 heterocycles. The molecule has 8 heteroatoms. The number of hydrogen-bond donors (Lipinski definition) is 0. The maximum absolute atomic E-state index is 4.62. The van der Waals surface area contributed by atoms with Gasteiger partial charge in [-0.1, -0.05) is 34.6 Å². The predicted molar refractivity (Wildman–Crippen MR) is 101 cm³/mol. The summed E-state index contributed by atoms with van der Waals surface area (Å²) in [6, 6.07) is 0. The van der Waals surface area contributed by atoms with E-state index in [1.165, 1.54) is 0 Å². The number of nitrogens with zero attached hydrogens (tertiary/aromatic N) is 8. The van der Waals surface area contributed by atoms with Gasteiger partial charge in [-0.25, -0.2) is 4.68 Å². The fourth-order valence-electron chi connectivity index (χ4n) is 2.66. The zero-order valence-electron chi connectivity index (χ0n) is 18.0. The van der Waals surface area contributed by atoms with Crippen LogP contribution in [-0.4, -0.2) is 40.4 Å². The monoisotopic (exact) mass is 362 g/mol. The van der Waals surface area contributed by atoms with Gasteiger partial charge in [0.15, 0.2) is 11.6 Å². The van der Waals surface area contributed by atoms with Gasteiger partial charge in [0.2, 0.25) is 0 Å². The van der Waals surface area contributed by atoms with Crippen molar-refractivity contribution in [3.8, 4) is 0 Å². The average Bonchev–Trinajstić information content (AvgIpc) is 3.13. The van der Waals surface area contributed by atoms with E-state index in [9.17, 15) is 0 Å². The van der Waals surface area contributed by atoms with Gasteiger partial charge in [-0.15, -0.1) is 15.3 Å². The lowest BCUT2D eigenvalue weighted by Crippen LogP contribution is -2.35. The smallest absolute Gasteiger partial charge is 0.180 e. The molecule has 0 fully saturated rings. The van der Waals surface area contributed by atoms with Crippen molar-refractivity contribution in [2.45, 2.75) is 104 Å². The van der Waals surface area contributed by atoms with Crippen LogP contribution in [-0.2, 0) is 21.9 Å². The van der Waals surface area contributed by atoms with Crippen molar-refractivity contribution in [1.29, 1.82) is 0 Å². The van der Waals surface area contributed by atoms with E-state index in [2.05, 4.69) is 100 Å². The first-order valence-electron chi connectivity index (χ1n) is 9.25. The topological polar surface area (TPSA) is 87.2 Å². The van der Waals surface area contributed by atoms with Gasteiger partial charge in [0.25, 0.3) is 0 Å². The Morgan fingerprint density at radius 2 is 1.38 bits per heavy atom. The SMILES string of the molecule is CC(C)(C)c1nnn(C(C)(C)CCC(C)(C)c2nnnn2C(C)(C)C)n1. The predicted octanol–water partition coefficient (Wildman–Crippen LogP) is 3.21. The number of aromatic nitrogens is 8. The van der Waals surface area contributed by atoms with Gasteiger partial charge in [-0.05, 0) is 63.1 Å². The molecule has 0 aliphatic carbocycles. The molecule has 26 heavy (non-hydrogen) atoms. The van der Waals surface area contributed by atoms with Crippen molar-refractivity contribution in [2.75, 3.05) is 0 Å². The second-order valence-corrected chi connectivity index (χ2v) is 10.4. The minimum atomic E-state index is -0.242. The molecule has 0 unspecified atom stereocenters. The van der Waals surface area contributed by atoms with Crippen molar-refractivity contribution < 1.29 is 0 Å². The van der Waals surface area contributed by atoms with E-state index in [0.29, 0.717) is 0 Å². The summed E-state index contributed by atoms with van der Waals surface area (Å²) in [6.07, 6.45) is 1.79. The Morgan fingerprint density at radius 3 is 1.88 bits per heavy atom. The van der Waals surface area contributed by atoms with Crippen LogP contribution in [0.15, 0.2) is 0 Å². The highest BCUT2D eigenvalue weighted by Crippen LogP contribution is 2.33. The molecule has 146 valence electrons. The summed E-state index contributed by atoms with van der Waals surface area (Å²) in [7, 11) is 0. The lowest BCUT2D eigenvalue weighted by atomic mass is 9.82. The Balaban J connectivity index is 2.18. The van der Waals surface area contributed by atoms with Crippen LogP contribution in [0.2, 0.25) is 0 Å². The van der Waals surface area contributed by atoms with E-state index in [0.717, 1.165) is 24.5 Å². The summed E-state index contributed by atoms with van der Waals surface area (Å²) in [5.74, 6) is 1.67. The highest BCUT2D eigenvalue weighted by molar-refractivity contribution is 5.04. The van der Waals surface area contributed by atoms with Crippen LogP contribution in [0.1, 0.15) is 93.7 Å². The molecule has 0 spiro atoms. The third-order valence-corrected chi connectivity index (χ3v) is 4.70. The summed E-state index contributed by atoms with van der Waals surface area (Å²) < 4.78 is 1.92. The van der Waals surface area contributed by atoms with Crippen LogP contribution in [0.4, 0.5) is 0 Å². The third-order valence-electron chi connectivity index (χ3n) is 4.70.